The normalized spacial score (nSPS) is 19.2. The lowest BCUT2D eigenvalue weighted by molar-refractivity contribution is -0.124. The zero-order valence-corrected chi connectivity index (χ0v) is 28.5. The highest BCUT2D eigenvalue weighted by atomic mass is 19.1. The highest BCUT2D eigenvalue weighted by Crippen LogP contribution is 2.43. The summed E-state index contributed by atoms with van der Waals surface area (Å²) in [7, 11) is 1.62. The third kappa shape index (κ3) is 7.67. The number of likely N-dealkylation sites (tertiary alicyclic amines) is 1. The van der Waals surface area contributed by atoms with E-state index in [0.29, 0.717) is 55.2 Å². The van der Waals surface area contributed by atoms with Crippen molar-refractivity contribution in [2.75, 3.05) is 49.8 Å². The Hall–Kier alpha value is -4.64. The summed E-state index contributed by atoms with van der Waals surface area (Å²) >= 11 is 0. The van der Waals surface area contributed by atoms with E-state index < -0.39 is 29.2 Å². The SMILES string of the molecule is COCCCN1C(=O)COc2ccc(N(C(=O)[C@H]3CN(C(=O)OC(C)(C)C)CC[C@@H]3c3cccc(-c4ccc(O)c(F)c4)c3)C3CC3)cc21. The van der Waals surface area contributed by atoms with Gasteiger partial charge in [-0.25, -0.2) is 9.18 Å². The molecule has 1 saturated carbocycles. The van der Waals surface area contributed by atoms with Crippen molar-refractivity contribution in [2.24, 2.45) is 5.92 Å². The minimum absolute atomic E-state index is 0.0171. The van der Waals surface area contributed by atoms with Crippen molar-refractivity contribution in [1.29, 1.82) is 0 Å². The number of hydrogen-bond donors (Lipinski definition) is 1. The zero-order valence-electron chi connectivity index (χ0n) is 28.5. The molecule has 1 N–H and O–H groups in total. The second-order valence-corrected chi connectivity index (χ2v) is 14.0. The van der Waals surface area contributed by atoms with Gasteiger partial charge >= 0.3 is 6.09 Å². The average Bonchev–Trinajstić information content (AvgIpc) is 3.91. The number of amides is 3. The second kappa shape index (κ2) is 14.1. The zero-order chi connectivity index (χ0) is 34.9. The van der Waals surface area contributed by atoms with Crippen LogP contribution >= 0.6 is 0 Å². The largest absolute Gasteiger partial charge is 0.505 e. The summed E-state index contributed by atoms with van der Waals surface area (Å²) in [4.78, 5) is 46.3. The van der Waals surface area contributed by atoms with Crippen molar-refractivity contribution in [1.82, 2.24) is 4.90 Å². The van der Waals surface area contributed by atoms with Gasteiger partial charge in [0.2, 0.25) is 5.91 Å². The minimum Gasteiger partial charge on any atom is -0.505 e. The molecule has 1 saturated heterocycles. The van der Waals surface area contributed by atoms with Crippen LogP contribution in [0.4, 0.5) is 20.6 Å². The van der Waals surface area contributed by atoms with Gasteiger partial charge in [-0.05, 0) is 99.4 Å². The smallest absolute Gasteiger partial charge is 0.410 e. The lowest BCUT2D eigenvalue weighted by atomic mass is 9.78. The Bertz CT molecular complexity index is 1720. The molecule has 2 fully saturated rings. The third-order valence-corrected chi connectivity index (χ3v) is 9.22. The molecule has 49 heavy (non-hydrogen) atoms. The Morgan fingerprint density at radius 2 is 1.82 bits per heavy atom. The van der Waals surface area contributed by atoms with Gasteiger partial charge in [-0.15, -0.1) is 0 Å². The van der Waals surface area contributed by atoms with E-state index in [1.54, 1.807) is 23.0 Å². The van der Waals surface area contributed by atoms with Gasteiger partial charge in [-0.1, -0.05) is 30.3 Å². The van der Waals surface area contributed by atoms with Gasteiger partial charge in [-0.2, -0.15) is 0 Å². The Morgan fingerprint density at radius 3 is 2.53 bits per heavy atom. The van der Waals surface area contributed by atoms with Gasteiger partial charge in [0.25, 0.3) is 5.91 Å². The van der Waals surface area contributed by atoms with Crippen molar-refractivity contribution >= 4 is 29.3 Å². The first-order valence-corrected chi connectivity index (χ1v) is 16.9. The van der Waals surface area contributed by atoms with Crippen LogP contribution < -0.4 is 14.5 Å². The van der Waals surface area contributed by atoms with Crippen LogP contribution in [0.2, 0.25) is 0 Å². The number of benzene rings is 3. The first kappa shape index (κ1) is 34.2. The predicted molar refractivity (Wildman–Crippen MR) is 183 cm³/mol. The van der Waals surface area contributed by atoms with Crippen molar-refractivity contribution in [3.8, 4) is 22.6 Å². The number of phenolic OH excluding ortho intramolecular Hbond substituents is 1. The number of hydrogen-bond acceptors (Lipinski definition) is 7. The number of nitrogens with zero attached hydrogens (tertiary/aromatic N) is 3. The first-order valence-electron chi connectivity index (χ1n) is 16.9. The number of carbonyl (C=O) groups is 3. The molecule has 0 aromatic heterocycles. The van der Waals surface area contributed by atoms with Crippen LogP contribution in [-0.2, 0) is 19.1 Å². The van der Waals surface area contributed by atoms with Crippen LogP contribution in [-0.4, -0.2) is 79.5 Å². The van der Waals surface area contributed by atoms with E-state index >= 15 is 0 Å². The number of methoxy groups -OCH3 is 1. The number of fused-ring (bicyclic) bond motifs is 1. The molecular formula is C38H44FN3O7. The molecule has 0 spiro atoms. The molecule has 3 aromatic rings. The molecule has 0 bridgehead atoms. The van der Waals surface area contributed by atoms with E-state index in [4.69, 9.17) is 14.2 Å². The van der Waals surface area contributed by atoms with E-state index in [2.05, 4.69) is 0 Å². The fraction of sp³-hybridized carbons (Fsp3) is 0.447. The van der Waals surface area contributed by atoms with Crippen LogP contribution in [0, 0.1) is 11.7 Å². The average molecular weight is 674 g/mol. The molecular weight excluding hydrogens is 629 g/mol. The van der Waals surface area contributed by atoms with Crippen molar-refractivity contribution in [2.45, 2.75) is 64.0 Å². The highest BCUT2D eigenvalue weighted by molar-refractivity contribution is 6.01. The van der Waals surface area contributed by atoms with E-state index in [9.17, 15) is 23.9 Å². The molecule has 1 aliphatic carbocycles. The monoisotopic (exact) mass is 673 g/mol. The summed E-state index contributed by atoms with van der Waals surface area (Å²) in [5.74, 6) is -1.68. The molecule has 2 heterocycles. The van der Waals surface area contributed by atoms with Gasteiger partial charge in [0.1, 0.15) is 11.4 Å². The molecule has 6 rings (SSSR count). The van der Waals surface area contributed by atoms with Gasteiger partial charge in [-0.3, -0.25) is 9.59 Å². The number of halogens is 1. The van der Waals surface area contributed by atoms with Crippen LogP contribution in [0.15, 0.2) is 60.7 Å². The fourth-order valence-electron chi connectivity index (χ4n) is 6.71. The minimum atomic E-state index is -0.712. The molecule has 0 unspecified atom stereocenters. The van der Waals surface area contributed by atoms with Gasteiger partial charge in [0.05, 0.1) is 11.6 Å². The number of phenols is 1. The standard InChI is InChI=1S/C38H44FN3O7/c1-38(2,3)49-37(46)40-17-15-29(26-8-5-7-24(19-26)25-9-13-33(43)31(39)20-25)30(22-40)36(45)42(27-10-11-27)28-12-14-34-32(21-28)41(16-6-18-47-4)35(44)23-48-34/h5,7-9,12-14,19-21,27,29-30,43H,6,10-11,15-18,22-23H2,1-4H3/t29-,30+/m1/s1. The summed E-state index contributed by atoms with van der Waals surface area (Å²) in [6, 6.07) is 17.5. The Balaban J connectivity index is 1.35. The molecule has 10 nitrogen and oxygen atoms in total. The number of carbonyl (C=O) groups excluding carboxylic acids is 3. The summed E-state index contributed by atoms with van der Waals surface area (Å²) in [5.41, 5.74) is 2.85. The van der Waals surface area contributed by atoms with E-state index in [-0.39, 0.29) is 36.9 Å². The molecule has 3 amide bonds. The molecule has 11 heteroatoms. The molecule has 260 valence electrons. The maximum absolute atomic E-state index is 14.9. The number of ether oxygens (including phenoxy) is 3. The maximum Gasteiger partial charge on any atom is 0.410 e. The van der Waals surface area contributed by atoms with Crippen molar-refractivity contribution < 1.29 is 38.1 Å². The third-order valence-electron chi connectivity index (χ3n) is 9.22. The number of piperidine rings is 1. The fourth-order valence-corrected chi connectivity index (χ4v) is 6.71. The van der Waals surface area contributed by atoms with E-state index in [0.717, 1.165) is 24.0 Å². The molecule has 2 atom stereocenters. The van der Waals surface area contributed by atoms with Crippen LogP contribution in [0.3, 0.4) is 0 Å². The quantitative estimate of drug-likeness (QED) is 0.259. The molecule has 3 aliphatic rings. The molecule has 0 radical (unpaired) electrons. The number of rotatable bonds is 9. The highest BCUT2D eigenvalue weighted by Gasteiger charge is 2.44. The Kier molecular flexibility index (Phi) is 9.83. The van der Waals surface area contributed by atoms with Gasteiger partial charge in [0, 0.05) is 45.1 Å². The lowest BCUT2D eigenvalue weighted by Crippen LogP contribution is -2.51. The Morgan fingerprint density at radius 1 is 1.04 bits per heavy atom. The van der Waals surface area contributed by atoms with Crippen molar-refractivity contribution in [3.05, 3.63) is 72.0 Å². The molecule has 3 aromatic carbocycles. The number of aromatic hydroxyl groups is 1. The lowest BCUT2D eigenvalue weighted by Gasteiger charge is -2.41. The van der Waals surface area contributed by atoms with Crippen LogP contribution in [0.25, 0.3) is 11.1 Å². The predicted octanol–water partition coefficient (Wildman–Crippen LogP) is 6.50. The summed E-state index contributed by atoms with van der Waals surface area (Å²) in [5, 5.41) is 9.73. The Labute approximate surface area is 286 Å². The van der Waals surface area contributed by atoms with Gasteiger partial charge < -0.3 is 34.0 Å². The van der Waals surface area contributed by atoms with E-state index in [1.807, 2.05) is 68.1 Å². The van der Waals surface area contributed by atoms with E-state index in [1.165, 1.54) is 12.1 Å². The summed E-state index contributed by atoms with van der Waals surface area (Å²) in [6.45, 7) is 6.93. The van der Waals surface area contributed by atoms with Crippen molar-refractivity contribution in [3.63, 3.8) is 0 Å². The van der Waals surface area contributed by atoms with Gasteiger partial charge in [0.15, 0.2) is 18.2 Å². The summed E-state index contributed by atoms with van der Waals surface area (Å²) in [6.07, 6.45) is 2.38. The maximum atomic E-state index is 14.9. The first-order chi connectivity index (χ1) is 23.4. The van der Waals surface area contributed by atoms with Crippen LogP contribution in [0.5, 0.6) is 11.5 Å². The number of anilines is 2. The summed E-state index contributed by atoms with van der Waals surface area (Å²) < 4.78 is 31.0. The second-order valence-electron chi connectivity index (χ2n) is 14.0. The molecule has 2 aliphatic heterocycles. The topological polar surface area (TPSA) is 109 Å². The van der Waals surface area contributed by atoms with Crippen LogP contribution in [0.1, 0.15) is 57.9 Å².